The topological polar surface area (TPSA) is 129 Å². The van der Waals surface area contributed by atoms with Gasteiger partial charge in [0, 0.05) is 5.69 Å². The van der Waals surface area contributed by atoms with Gasteiger partial charge in [-0.25, -0.2) is 4.79 Å². The molecule has 2 aliphatic rings. The number of carbonyl (C=O) groups excluding carboxylic acids is 4. The monoisotopic (exact) mass is 398 g/mol. The molecule has 1 saturated carbocycles. The molecule has 0 unspecified atom stereocenters. The highest BCUT2D eigenvalue weighted by Gasteiger charge is 2.55. The number of nitrogens with zero attached hydrogens (tertiary/aromatic N) is 2. The van der Waals surface area contributed by atoms with Gasteiger partial charge in [-0.05, 0) is 37.0 Å². The van der Waals surface area contributed by atoms with Crippen molar-refractivity contribution in [2.75, 3.05) is 18.5 Å². The van der Waals surface area contributed by atoms with E-state index in [1.165, 1.54) is 6.07 Å². The van der Waals surface area contributed by atoms with Gasteiger partial charge in [-0.3, -0.25) is 19.3 Å². The number of urea groups is 1. The van der Waals surface area contributed by atoms with Gasteiger partial charge in [-0.15, -0.1) is 0 Å². The Balaban J connectivity index is 1.52. The molecule has 1 heterocycles. The maximum atomic E-state index is 12.8. The number of imide groups is 1. The molecule has 0 radical (unpaired) electrons. The Labute approximate surface area is 168 Å². The summed E-state index contributed by atoms with van der Waals surface area (Å²) >= 11 is 0. The summed E-state index contributed by atoms with van der Waals surface area (Å²) in [7, 11) is 0. The molecule has 1 aliphatic heterocycles. The standard InChI is InChI=1S/C20H22N4O5/c1-13-5-2-3-8-20(13)18(27)24(19(28)23-20)11-17(26)29-12-16(25)22-15-7-4-6-14(9-15)10-21/h4,6-7,9,13H,2-3,5,8,11-12H2,1H3,(H,22,25)(H,23,28)/t13-,20+/m0/s1. The number of hydrogen-bond donors (Lipinski definition) is 2. The van der Waals surface area contributed by atoms with Gasteiger partial charge in [0.1, 0.15) is 12.1 Å². The number of ether oxygens (including phenoxy) is 1. The van der Waals surface area contributed by atoms with Gasteiger partial charge in [0.15, 0.2) is 6.61 Å². The van der Waals surface area contributed by atoms with Crippen molar-refractivity contribution in [1.82, 2.24) is 10.2 Å². The summed E-state index contributed by atoms with van der Waals surface area (Å²) in [5.74, 6) is -1.87. The largest absolute Gasteiger partial charge is 0.454 e. The van der Waals surface area contributed by atoms with Gasteiger partial charge in [0.25, 0.3) is 11.8 Å². The lowest BCUT2D eigenvalue weighted by molar-refractivity contribution is -0.150. The molecule has 2 N–H and O–H groups in total. The van der Waals surface area contributed by atoms with E-state index in [0.29, 0.717) is 17.7 Å². The van der Waals surface area contributed by atoms with Crippen molar-refractivity contribution in [3.8, 4) is 6.07 Å². The molecule has 3 rings (SSSR count). The molecule has 1 aromatic carbocycles. The lowest BCUT2D eigenvalue weighted by Crippen LogP contribution is -2.54. The Morgan fingerprint density at radius 3 is 2.90 bits per heavy atom. The van der Waals surface area contributed by atoms with E-state index in [9.17, 15) is 19.2 Å². The first-order chi connectivity index (χ1) is 13.9. The lowest BCUT2D eigenvalue weighted by Gasteiger charge is -2.36. The van der Waals surface area contributed by atoms with Gasteiger partial charge >= 0.3 is 12.0 Å². The van der Waals surface area contributed by atoms with Crippen LogP contribution in [0.15, 0.2) is 24.3 Å². The summed E-state index contributed by atoms with van der Waals surface area (Å²) < 4.78 is 4.90. The van der Waals surface area contributed by atoms with Crippen LogP contribution in [-0.2, 0) is 19.1 Å². The Bertz CT molecular complexity index is 893. The molecular weight excluding hydrogens is 376 g/mol. The molecule has 1 aliphatic carbocycles. The number of hydrogen-bond acceptors (Lipinski definition) is 6. The highest BCUT2D eigenvalue weighted by Crippen LogP contribution is 2.38. The van der Waals surface area contributed by atoms with Crippen molar-refractivity contribution < 1.29 is 23.9 Å². The smallest absolute Gasteiger partial charge is 0.326 e. The van der Waals surface area contributed by atoms with Crippen LogP contribution < -0.4 is 10.6 Å². The second kappa shape index (κ2) is 8.31. The van der Waals surface area contributed by atoms with E-state index in [0.717, 1.165) is 24.2 Å². The Morgan fingerprint density at radius 2 is 2.17 bits per heavy atom. The Kier molecular flexibility index (Phi) is 5.82. The second-order valence-electron chi connectivity index (χ2n) is 7.34. The fourth-order valence-corrected chi connectivity index (χ4v) is 3.82. The molecule has 0 bridgehead atoms. The van der Waals surface area contributed by atoms with Crippen LogP contribution in [0.4, 0.5) is 10.5 Å². The molecule has 152 valence electrons. The number of rotatable bonds is 5. The summed E-state index contributed by atoms with van der Waals surface area (Å²) in [6, 6.07) is 7.62. The molecule has 2 fully saturated rings. The molecular formula is C20H22N4O5. The predicted octanol–water partition coefficient (Wildman–Crippen LogP) is 1.54. The van der Waals surface area contributed by atoms with Gasteiger partial charge in [-0.2, -0.15) is 5.26 Å². The highest BCUT2D eigenvalue weighted by molar-refractivity contribution is 6.09. The van der Waals surface area contributed by atoms with Crippen molar-refractivity contribution >= 4 is 29.5 Å². The van der Waals surface area contributed by atoms with E-state index >= 15 is 0 Å². The maximum absolute atomic E-state index is 12.8. The molecule has 2 atom stereocenters. The minimum atomic E-state index is -0.946. The fourth-order valence-electron chi connectivity index (χ4n) is 3.82. The maximum Gasteiger partial charge on any atom is 0.326 e. The van der Waals surface area contributed by atoms with Crippen LogP contribution in [0.25, 0.3) is 0 Å². The van der Waals surface area contributed by atoms with Gasteiger partial charge in [0.05, 0.1) is 11.6 Å². The Hall–Kier alpha value is -3.41. The zero-order valence-corrected chi connectivity index (χ0v) is 16.1. The van der Waals surface area contributed by atoms with Crippen LogP contribution in [0.3, 0.4) is 0 Å². The quantitative estimate of drug-likeness (QED) is 0.572. The summed E-state index contributed by atoms with van der Waals surface area (Å²) in [6.07, 6.45) is 3.22. The van der Waals surface area contributed by atoms with Gasteiger partial charge in [0.2, 0.25) is 0 Å². The molecule has 4 amide bonds. The molecule has 1 aromatic rings. The van der Waals surface area contributed by atoms with E-state index in [1.807, 2.05) is 13.0 Å². The average Bonchev–Trinajstić information content (AvgIpc) is 2.94. The number of anilines is 1. The second-order valence-corrected chi connectivity index (χ2v) is 7.34. The van der Waals surface area contributed by atoms with Crippen molar-refractivity contribution in [3.05, 3.63) is 29.8 Å². The van der Waals surface area contributed by atoms with E-state index in [4.69, 9.17) is 10.00 Å². The van der Waals surface area contributed by atoms with Crippen molar-refractivity contribution in [1.29, 1.82) is 5.26 Å². The van der Waals surface area contributed by atoms with Crippen LogP contribution in [0.1, 0.15) is 38.2 Å². The van der Waals surface area contributed by atoms with E-state index < -0.39 is 42.5 Å². The zero-order chi connectivity index (χ0) is 21.0. The number of amides is 4. The average molecular weight is 398 g/mol. The third kappa shape index (κ3) is 4.21. The van der Waals surface area contributed by atoms with Gasteiger partial charge in [-0.1, -0.05) is 25.8 Å². The molecule has 0 aromatic heterocycles. The molecule has 29 heavy (non-hydrogen) atoms. The van der Waals surface area contributed by atoms with Gasteiger partial charge < -0.3 is 15.4 Å². The summed E-state index contributed by atoms with van der Waals surface area (Å²) in [4.78, 5) is 49.9. The van der Waals surface area contributed by atoms with Crippen LogP contribution in [0, 0.1) is 17.2 Å². The van der Waals surface area contributed by atoms with Crippen molar-refractivity contribution in [3.63, 3.8) is 0 Å². The fraction of sp³-hybridized carbons (Fsp3) is 0.450. The van der Waals surface area contributed by atoms with Crippen molar-refractivity contribution in [2.24, 2.45) is 5.92 Å². The summed E-state index contributed by atoms with van der Waals surface area (Å²) in [5.41, 5.74) is -0.171. The summed E-state index contributed by atoms with van der Waals surface area (Å²) in [6.45, 7) is 0.807. The number of carbonyl (C=O) groups is 4. The first-order valence-corrected chi connectivity index (χ1v) is 9.45. The minimum Gasteiger partial charge on any atom is -0.454 e. The SMILES string of the molecule is C[C@H]1CCCC[C@@]12NC(=O)N(CC(=O)OCC(=O)Nc1cccc(C#N)c1)C2=O. The molecule has 1 spiro atoms. The molecule has 9 heteroatoms. The number of esters is 1. The number of nitriles is 1. The molecule has 9 nitrogen and oxygen atoms in total. The summed E-state index contributed by atoms with van der Waals surface area (Å²) in [5, 5.41) is 14.1. The minimum absolute atomic E-state index is 0.0105. The lowest BCUT2D eigenvalue weighted by atomic mass is 9.73. The van der Waals surface area contributed by atoms with E-state index in [2.05, 4.69) is 10.6 Å². The number of nitrogens with one attached hydrogen (secondary N) is 2. The van der Waals surface area contributed by atoms with Crippen LogP contribution in [0.2, 0.25) is 0 Å². The first-order valence-electron chi connectivity index (χ1n) is 9.45. The predicted molar refractivity (Wildman–Crippen MR) is 101 cm³/mol. The normalized spacial score (nSPS) is 23.4. The molecule has 1 saturated heterocycles. The first kappa shape index (κ1) is 20.3. The zero-order valence-electron chi connectivity index (χ0n) is 16.1. The Morgan fingerprint density at radius 1 is 1.38 bits per heavy atom. The van der Waals surface area contributed by atoms with Crippen molar-refractivity contribution in [2.45, 2.75) is 38.1 Å². The third-order valence-corrected chi connectivity index (χ3v) is 5.43. The van der Waals surface area contributed by atoms with Crippen LogP contribution >= 0.6 is 0 Å². The van der Waals surface area contributed by atoms with Crippen LogP contribution in [0.5, 0.6) is 0 Å². The number of benzene rings is 1. The van der Waals surface area contributed by atoms with E-state index in [1.54, 1.807) is 18.2 Å². The highest BCUT2D eigenvalue weighted by atomic mass is 16.5. The van der Waals surface area contributed by atoms with Crippen LogP contribution in [-0.4, -0.2) is 47.4 Å². The third-order valence-electron chi connectivity index (χ3n) is 5.43. The van der Waals surface area contributed by atoms with E-state index in [-0.39, 0.29) is 5.92 Å².